The minimum atomic E-state index is -1.13. The Labute approximate surface area is 108 Å². The fourth-order valence-corrected chi connectivity index (χ4v) is 1.33. The van der Waals surface area contributed by atoms with Crippen molar-refractivity contribution >= 4 is 23.3 Å². The average molecular weight is 258 g/mol. The van der Waals surface area contributed by atoms with Crippen LogP contribution in [0.15, 0.2) is 36.7 Å². The normalized spacial score (nSPS) is 9.89. The van der Waals surface area contributed by atoms with Crippen molar-refractivity contribution in [1.29, 1.82) is 0 Å². The largest absolute Gasteiger partial charge is 0.477 e. The number of carbonyl (C=O) groups is 2. The van der Waals surface area contributed by atoms with E-state index in [4.69, 9.17) is 10.8 Å². The van der Waals surface area contributed by atoms with Gasteiger partial charge in [0, 0.05) is 0 Å². The zero-order valence-electron chi connectivity index (χ0n) is 9.70. The predicted molar refractivity (Wildman–Crippen MR) is 67.8 cm³/mol. The third kappa shape index (κ3) is 3.03. The van der Waals surface area contributed by atoms with Crippen molar-refractivity contribution in [1.82, 2.24) is 9.97 Å². The molecule has 2 heterocycles. The lowest BCUT2D eigenvalue weighted by atomic mass is 10.3. The molecule has 7 nitrogen and oxygen atoms in total. The van der Waals surface area contributed by atoms with Crippen LogP contribution in [-0.2, 0) is 0 Å². The van der Waals surface area contributed by atoms with Gasteiger partial charge in [-0.25, -0.2) is 14.8 Å². The van der Waals surface area contributed by atoms with Gasteiger partial charge in [0.2, 0.25) is 0 Å². The highest BCUT2D eigenvalue weighted by Gasteiger charge is 2.09. The standard InChI is InChI=1S/C12H10N4O3/c13-7-1-3-9(14-5-7)11(17)16-8-2-4-10(12(18)19)15-6-8/h1-6H,13H2,(H,16,17)(H,18,19). The number of pyridine rings is 2. The highest BCUT2D eigenvalue weighted by atomic mass is 16.4. The second-order valence-electron chi connectivity index (χ2n) is 3.67. The maximum atomic E-state index is 11.8. The van der Waals surface area contributed by atoms with Crippen LogP contribution < -0.4 is 11.1 Å². The number of nitrogen functional groups attached to an aromatic ring is 1. The van der Waals surface area contributed by atoms with Crippen LogP contribution in [0.1, 0.15) is 21.0 Å². The molecule has 0 atom stereocenters. The summed E-state index contributed by atoms with van der Waals surface area (Å²) in [6.07, 6.45) is 2.64. The van der Waals surface area contributed by atoms with Gasteiger partial charge in [0.1, 0.15) is 11.4 Å². The van der Waals surface area contributed by atoms with E-state index in [0.29, 0.717) is 11.4 Å². The predicted octanol–water partition coefficient (Wildman–Crippen LogP) is 1.01. The second kappa shape index (κ2) is 5.13. The number of carbonyl (C=O) groups excluding carboxylic acids is 1. The van der Waals surface area contributed by atoms with Crippen molar-refractivity contribution in [3.8, 4) is 0 Å². The highest BCUT2D eigenvalue weighted by Crippen LogP contribution is 2.09. The molecule has 1 amide bonds. The van der Waals surface area contributed by atoms with Gasteiger partial charge in [-0.2, -0.15) is 0 Å². The molecule has 0 aromatic carbocycles. The first-order valence-corrected chi connectivity index (χ1v) is 5.28. The Morgan fingerprint density at radius 3 is 2.26 bits per heavy atom. The van der Waals surface area contributed by atoms with Crippen LogP contribution in [0.25, 0.3) is 0 Å². The van der Waals surface area contributed by atoms with Gasteiger partial charge in [-0.1, -0.05) is 0 Å². The van der Waals surface area contributed by atoms with Crippen LogP contribution in [0.4, 0.5) is 11.4 Å². The molecule has 0 unspecified atom stereocenters. The van der Waals surface area contributed by atoms with E-state index >= 15 is 0 Å². The quantitative estimate of drug-likeness (QED) is 0.756. The maximum Gasteiger partial charge on any atom is 0.354 e. The van der Waals surface area contributed by atoms with E-state index in [9.17, 15) is 9.59 Å². The summed E-state index contributed by atoms with van der Waals surface area (Å²) in [6.45, 7) is 0. The molecule has 96 valence electrons. The monoisotopic (exact) mass is 258 g/mol. The number of carboxylic acid groups (broad SMARTS) is 1. The van der Waals surface area contributed by atoms with Gasteiger partial charge in [-0.3, -0.25) is 4.79 Å². The summed E-state index contributed by atoms with van der Waals surface area (Å²) in [5.74, 6) is -1.55. The second-order valence-corrected chi connectivity index (χ2v) is 3.67. The summed E-state index contributed by atoms with van der Waals surface area (Å²) < 4.78 is 0. The van der Waals surface area contributed by atoms with E-state index in [2.05, 4.69) is 15.3 Å². The summed E-state index contributed by atoms with van der Waals surface area (Å²) in [5.41, 5.74) is 6.42. The molecule has 2 rings (SSSR count). The van der Waals surface area contributed by atoms with Crippen molar-refractivity contribution in [3.05, 3.63) is 48.0 Å². The van der Waals surface area contributed by atoms with Crippen molar-refractivity contribution in [2.75, 3.05) is 11.1 Å². The first-order valence-electron chi connectivity index (χ1n) is 5.28. The molecule has 0 aliphatic heterocycles. The summed E-state index contributed by atoms with van der Waals surface area (Å²) >= 11 is 0. The van der Waals surface area contributed by atoms with E-state index in [-0.39, 0.29) is 11.4 Å². The Morgan fingerprint density at radius 1 is 1.05 bits per heavy atom. The van der Waals surface area contributed by atoms with Gasteiger partial charge in [0.25, 0.3) is 5.91 Å². The van der Waals surface area contributed by atoms with Crippen LogP contribution in [-0.4, -0.2) is 27.0 Å². The van der Waals surface area contributed by atoms with Crippen molar-refractivity contribution in [2.24, 2.45) is 0 Å². The van der Waals surface area contributed by atoms with Gasteiger partial charge < -0.3 is 16.2 Å². The van der Waals surface area contributed by atoms with E-state index < -0.39 is 11.9 Å². The molecule has 19 heavy (non-hydrogen) atoms. The summed E-state index contributed by atoms with van der Waals surface area (Å²) in [7, 11) is 0. The fraction of sp³-hybridized carbons (Fsp3) is 0. The fourth-order valence-electron chi connectivity index (χ4n) is 1.33. The highest BCUT2D eigenvalue weighted by molar-refractivity contribution is 6.03. The number of rotatable bonds is 3. The molecule has 0 fully saturated rings. The molecule has 2 aromatic heterocycles. The Balaban J connectivity index is 2.10. The summed E-state index contributed by atoms with van der Waals surface area (Å²) in [6, 6.07) is 5.80. The molecule has 0 aliphatic carbocycles. The molecule has 0 spiro atoms. The first kappa shape index (κ1) is 12.5. The number of nitrogens with zero attached hydrogens (tertiary/aromatic N) is 2. The number of nitrogens with one attached hydrogen (secondary N) is 1. The Morgan fingerprint density at radius 2 is 1.74 bits per heavy atom. The summed E-state index contributed by atoms with van der Waals surface area (Å²) in [5, 5.41) is 11.2. The Kier molecular flexibility index (Phi) is 3.37. The third-order valence-corrected chi connectivity index (χ3v) is 2.26. The van der Waals surface area contributed by atoms with Crippen LogP contribution >= 0.6 is 0 Å². The van der Waals surface area contributed by atoms with E-state index in [1.165, 1.54) is 30.6 Å². The van der Waals surface area contributed by atoms with Crippen LogP contribution in [0, 0.1) is 0 Å². The van der Waals surface area contributed by atoms with E-state index in [1.54, 1.807) is 6.07 Å². The molecule has 4 N–H and O–H groups in total. The first-order chi connectivity index (χ1) is 9.06. The SMILES string of the molecule is Nc1ccc(C(=O)Nc2ccc(C(=O)O)nc2)nc1. The summed E-state index contributed by atoms with van der Waals surface area (Å²) in [4.78, 5) is 30.0. The number of aromatic nitrogens is 2. The number of nitrogens with two attached hydrogens (primary N) is 1. The number of hydrogen-bond acceptors (Lipinski definition) is 5. The minimum Gasteiger partial charge on any atom is -0.477 e. The zero-order valence-corrected chi connectivity index (χ0v) is 9.70. The number of carboxylic acids is 1. The maximum absolute atomic E-state index is 11.8. The number of aromatic carboxylic acids is 1. The number of amides is 1. The molecule has 0 saturated heterocycles. The molecule has 0 radical (unpaired) electrons. The van der Waals surface area contributed by atoms with Crippen molar-refractivity contribution in [2.45, 2.75) is 0 Å². The van der Waals surface area contributed by atoms with Crippen LogP contribution in [0.3, 0.4) is 0 Å². The average Bonchev–Trinajstić information content (AvgIpc) is 2.40. The molecular weight excluding hydrogens is 248 g/mol. The van der Waals surface area contributed by atoms with Gasteiger partial charge in [0.15, 0.2) is 0 Å². The Hall–Kier alpha value is -2.96. The van der Waals surface area contributed by atoms with Gasteiger partial charge >= 0.3 is 5.97 Å². The van der Waals surface area contributed by atoms with Crippen LogP contribution in [0.5, 0.6) is 0 Å². The lowest BCUT2D eigenvalue weighted by Crippen LogP contribution is -2.14. The smallest absolute Gasteiger partial charge is 0.354 e. The molecule has 7 heteroatoms. The molecule has 2 aromatic rings. The lowest BCUT2D eigenvalue weighted by molar-refractivity contribution is 0.0690. The van der Waals surface area contributed by atoms with Gasteiger partial charge in [-0.15, -0.1) is 0 Å². The number of anilines is 2. The van der Waals surface area contributed by atoms with E-state index in [1.807, 2.05) is 0 Å². The Bertz CT molecular complexity index is 608. The third-order valence-electron chi connectivity index (χ3n) is 2.26. The van der Waals surface area contributed by atoms with E-state index in [0.717, 1.165) is 0 Å². The van der Waals surface area contributed by atoms with Crippen LogP contribution in [0.2, 0.25) is 0 Å². The zero-order chi connectivity index (χ0) is 13.8. The number of hydrogen-bond donors (Lipinski definition) is 3. The molecule has 0 aliphatic rings. The minimum absolute atomic E-state index is 0.0939. The molecule has 0 saturated carbocycles. The lowest BCUT2D eigenvalue weighted by Gasteiger charge is -2.04. The molecule has 0 bridgehead atoms. The van der Waals surface area contributed by atoms with Gasteiger partial charge in [0.05, 0.1) is 23.8 Å². The van der Waals surface area contributed by atoms with Crippen molar-refractivity contribution < 1.29 is 14.7 Å². The topological polar surface area (TPSA) is 118 Å². The van der Waals surface area contributed by atoms with Crippen molar-refractivity contribution in [3.63, 3.8) is 0 Å². The molecular formula is C12H10N4O3. The van der Waals surface area contributed by atoms with Gasteiger partial charge in [-0.05, 0) is 24.3 Å².